The molecule has 1 saturated carbocycles. The number of hydrogen-bond acceptors (Lipinski definition) is 3. The maximum atomic E-state index is 12.5. The normalized spacial score (nSPS) is 19.7. The summed E-state index contributed by atoms with van der Waals surface area (Å²) in [5.74, 6) is 0.110. The average molecular weight is 261 g/mol. The third-order valence-corrected chi connectivity index (χ3v) is 4.24. The Balaban J connectivity index is 2.03. The maximum absolute atomic E-state index is 12.5. The molecule has 0 spiro atoms. The molecule has 104 valence electrons. The third kappa shape index (κ3) is 3.13. The lowest BCUT2D eigenvalue weighted by Crippen LogP contribution is -2.47. The molecule has 0 unspecified atom stereocenters. The number of rotatable bonds is 4. The topological polar surface area (TPSA) is 68.0 Å². The first-order valence-corrected chi connectivity index (χ1v) is 7.09. The van der Waals surface area contributed by atoms with Crippen LogP contribution in [0.4, 0.5) is 0 Å². The zero-order chi connectivity index (χ0) is 13.7. The van der Waals surface area contributed by atoms with Crippen LogP contribution in [0.1, 0.15) is 50.6 Å². The molecular formula is C15H23N3O. The van der Waals surface area contributed by atoms with E-state index in [2.05, 4.69) is 10.3 Å². The second kappa shape index (κ2) is 6.15. The van der Waals surface area contributed by atoms with Gasteiger partial charge in [0.1, 0.15) is 0 Å². The Labute approximate surface area is 114 Å². The van der Waals surface area contributed by atoms with Crippen LogP contribution in [-0.4, -0.2) is 17.4 Å². The summed E-state index contributed by atoms with van der Waals surface area (Å²) in [6, 6.07) is 3.86. The molecule has 2 rings (SSSR count). The van der Waals surface area contributed by atoms with Crippen molar-refractivity contribution in [1.29, 1.82) is 0 Å². The molecule has 1 atom stereocenters. The predicted molar refractivity (Wildman–Crippen MR) is 75.4 cm³/mol. The van der Waals surface area contributed by atoms with E-state index in [1.807, 2.05) is 19.1 Å². The standard InChI is InChI=1S/C15H23N3O/c1-12(13-5-9-17-10-6-13)18-14(19)15(11-16)7-3-2-4-8-15/h5-6,9-10,12H,2-4,7-8,11,16H2,1H3,(H,18,19)/t12-/m0/s1. The Morgan fingerprint density at radius 2 is 2.00 bits per heavy atom. The van der Waals surface area contributed by atoms with Gasteiger partial charge < -0.3 is 11.1 Å². The number of pyridine rings is 1. The minimum Gasteiger partial charge on any atom is -0.349 e. The number of amides is 1. The van der Waals surface area contributed by atoms with Gasteiger partial charge in [-0.15, -0.1) is 0 Å². The fourth-order valence-corrected chi connectivity index (χ4v) is 2.84. The van der Waals surface area contributed by atoms with Gasteiger partial charge in [-0.3, -0.25) is 9.78 Å². The summed E-state index contributed by atoms with van der Waals surface area (Å²) < 4.78 is 0. The van der Waals surface area contributed by atoms with Gasteiger partial charge in [-0.1, -0.05) is 19.3 Å². The molecule has 1 aromatic heterocycles. The van der Waals surface area contributed by atoms with Crippen LogP contribution in [0, 0.1) is 5.41 Å². The van der Waals surface area contributed by atoms with E-state index in [-0.39, 0.29) is 17.4 Å². The van der Waals surface area contributed by atoms with Gasteiger partial charge in [0, 0.05) is 18.9 Å². The molecule has 0 aromatic carbocycles. The molecule has 1 aliphatic carbocycles. The molecule has 4 nitrogen and oxygen atoms in total. The third-order valence-electron chi connectivity index (χ3n) is 4.24. The first kappa shape index (κ1) is 14.0. The summed E-state index contributed by atoms with van der Waals surface area (Å²) in [6.07, 6.45) is 8.75. The van der Waals surface area contributed by atoms with Crippen LogP contribution in [0.5, 0.6) is 0 Å². The Kier molecular flexibility index (Phi) is 4.53. The second-order valence-corrected chi connectivity index (χ2v) is 5.52. The van der Waals surface area contributed by atoms with Gasteiger partial charge in [0.05, 0.1) is 11.5 Å². The van der Waals surface area contributed by atoms with E-state index >= 15 is 0 Å². The Morgan fingerprint density at radius 3 is 2.58 bits per heavy atom. The molecule has 1 aliphatic rings. The van der Waals surface area contributed by atoms with Crippen molar-refractivity contribution < 1.29 is 4.79 Å². The van der Waals surface area contributed by atoms with Crippen molar-refractivity contribution in [1.82, 2.24) is 10.3 Å². The number of nitrogens with one attached hydrogen (secondary N) is 1. The molecule has 0 radical (unpaired) electrons. The summed E-state index contributed by atoms with van der Waals surface area (Å²) in [4.78, 5) is 16.5. The number of aromatic nitrogens is 1. The summed E-state index contributed by atoms with van der Waals surface area (Å²) in [5, 5.41) is 3.11. The van der Waals surface area contributed by atoms with Crippen LogP contribution >= 0.6 is 0 Å². The van der Waals surface area contributed by atoms with Crippen LogP contribution in [-0.2, 0) is 4.79 Å². The van der Waals surface area contributed by atoms with Gasteiger partial charge in [-0.05, 0) is 37.5 Å². The highest BCUT2D eigenvalue weighted by Gasteiger charge is 2.38. The van der Waals surface area contributed by atoms with Crippen LogP contribution in [0.15, 0.2) is 24.5 Å². The van der Waals surface area contributed by atoms with Gasteiger partial charge in [-0.25, -0.2) is 0 Å². The molecule has 1 heterocycles. The van der Waals surface area contributed by atoms with E-state index in [1.165, 1.54) is 6.42 Å². The van der Waals surface area contributed by atoms with Crippen molar-refractivity contribution in [2.75, 3.05) is 6.54 Å². The first-order chi connectivity index (χ1) is 9.18. The Bertz CT molecular complexity index is 413. The van der Waals surface area contributed by atoms with Crippen molar-refractivity contribution in [3.8, 4) is 0 Å². The number of hydrogen-bond donors (Lipinski definition) is 2. The second-order valence-electron chi connectivity index (χ2n) is 5.52. The van der Waals surface area contributed by atoms with Crippen molar-refractivity contribution in [2.24, 2.45) is 11.1 Å². The highest BCUT2D eigenvalue weighted by atomic mass is 16.2. The van der Waals surface area contributed by atoms with Gasteiger partial charge in [0.2, 0.25) is 5.91 Å². The van der Waals surface area contributed by atoms with Crippen molar-refractivity contribution in [2.45, 2.75) is 45.1 Å². The lowest BCUT2D eigenvalue weighted by atomic mass is 9.73. The molecule has 1 amide bonds. The lowest BCUT2D eigenvalue weighted by Gasteiger charge is -2.35. The van der Waals surface area contributed by atoms with E-state index in [9.17, 15) is 4.79 Å². The number of nitrogens with two attached hydrogens (primary N) is 1. The van der Waals surface area contributed by atoms with E-state index in [4.69, 9.17) is 5.73 Å². The molecular weight excluding hydrogens is 238 g/mol. The molecule has 1 fully saturated rings. The van der Waals surface area contributed by atoms with Crippen molar-refractivity contribution in [3.05, 3.63) is 30.1 Å². The quantitative estimate of drug-likeness (QED) is 0.872. The fourth-order valence-electron chi connectivity index (χ4n) is 2.84. The van der Waals surface area contributed by atoms with Crippen LogP contribution in [0.2, 0.25) is 0 Å². The van der Waals surface area contributed by atoms with Gasteiger partial charge >= 0.3 is 0 Å². The van der Waals surface area contributed by atoms with Crippen LogP contribution in [0.25, 0.3) is 0 Å². The van der Waals surface area contributed by atoms with E-state index in [0.717, 1.165) is 31.2 Å². The molecule has 0 saturated heterocycles. The molecule has 0 bridgehead atoms. The summed E-state index contributed by atoms with van der Waals surface area (Å²) in [7, 11) is 0. The highest BCUT2D eigenvalue weighted by Crippen LogP contribution is 2.36. The molecule has 3 N–H and O–H groups in total. The molecule has 19 heavy (non-hydrogen) atoms. The van der Waals surface area contributed by atoms with Crippen molar-refractivity contribution >= 4 is 5.91 Å². The minimum atomic E-state index is -0.348. The maximum Gasteiger partial charge on any atom is 0.227 e. The number of carbonyl (C=O) groups is 1. The first-order valence-electron chi connectivity index (χ1n) is 7.09. The zero-order valence-electron chi connectivity index (χ0n) is 11.6. The zero-order valence-corrected chi connectivity index (χ0v) is 11.6. The molecule has 4 heteroatoms. The average Bonchev–Trinajstić information content (AvgIpc) is 2.48. The van der Waals surface area contributed by atoms with Crippen LogP contribution < -0.4 is 11.1 Å². The smallest absolute Gasteiger partial charge is 0.227 e. The Morgan fingerprint density at radius 1 is 1.37 bits per heavy atom. The van der Waals surface area contributed by atoms with Gasteiger partial charge in [-0.2, -0.15) is 0 Å². The van der Waals surface area contributed by atoms with Crippen LogP contribution in [0.3, 0.4) is 0 Å². The van der Waals surface area contributed by atoms with Gasteiger partial charge in [0.15, 0.2) is 0 Å². The lowest BCUT2D eigenvalue weighted by molar-refractivity contribution is -0.133. The molecule has 0 aliphatic heterocycles. The van der Waals surface area contributed by atoms with E-state index < -0.39 is 0 Å². The number of carbonyl (C=O) groups excluding carboxylic acids is 1. The van der Waals surface area contributed by atoms with Gasteiger partial charge in [0.25, 0.3) is 0 Å². The summed E-state index contributed by atoms with van der Waals surface area (Å²) >= 11 is 0. The highest BCUT2D eigenvalue weighted by molar-refractivity contribution is 5.83. The number of nitrogens with zero attached hydrogens (tertiary/aromatic N) is 1. The van der Waals surface area contributed by atoms with Crippen molar-refractivity contribution in [3.63, 3.8) is 0 Å². The largest absolute Gasteiger partial charge is 0.349 e. The van der Waals surface area contributed by atoms with E-state index in [0.29, 0.717) is 6.54 Å². The fraction of sp³-hybridized carbons (Fsp3) is 0.600. The van der Waals surface area contributed by atoms with E-state index in [1.54, 1.807) is 12.4 Å². The minimum absolute atomic E-state index is 0.000788. The SMILES string of the molecule is C[C@H](NC(=O)C1(CN)CCCCC1)c1ccncc1. The summed E-state index contributed by atoms with van der Waals surface area (Å²) in [6.45, 7) is 2.45. The summed E-state index contributed by atoms with van der Waals surface area (Å²) in [5.41, 5.74) is 6.61. The monoisotopic (exact) mass is 261 g/mol. The molecule has 1 aromatic rings. The predicted octanol–water partition coefficient (Wildman–Crippen LogP) is 2.17. The Hall–Kier alpha value is -1.42.